The second-order valence-corrected chi connectivity index (χ2v) is 15.2. The molecule has 3 aliphatic carbocycles. The molecule has 134 valence electrons. The SMILES string of the molecule is CC1(C)[C@H](O)CC[C@]2(C)C3=CCCC[C@]3(C#C[Si](C)(C)C)CC[C@@H]12. The van der Waals surface area contributed by atoms with E-state index in [-0.39, 0.29) is 22.3 Å². The van der Waals surface area contributed by atoms with Gasteiger partial charge in [0.15, 0.2) is 0 Å². The van der Waals surface area contributed by atoms with Crippen LogP contribution in [0.25, 0.3) is 0 Å². The zero-order valence-electron chi connectivity index (χ0n) is 16.6. The molecule has 24 heavy (non-hydrogen) atoms. The lowest BCUT2D eigenvalue weighted by atomic mass is 9.43. The van der Waals surface area contributed by atoms with Gasteiger partial charge in [-0.05, 0) is 67.3 Å². The summed E-state index contributed by atoms with van der Waals surface area (Å²) in [4.78, 5) is 0. The highest BCUT2D eigenvalue weighted by molar-refractivity contribution is 6.83. The Morgan fingerprint density at radius 3 is 2.46 bits per heavy atom. The van der Waals surface area contributed by atoms with Crippen molar-refractivity contribution in [1.82, 2.24) is 0 Å². The number of hydrogen-bond acceptors (Lipinski definition) is 1. The average Bonchev–Trinajstić information content (AvgIpc) is 2.49. The van der Waals surface area contributed by atoms with Gasteiger partial charge < -0.3 is 5.11 Å². The van der Waals surface area contributed by atoms with E-state index < -0.39 is 8.07 Å². The van der Waals surface area contributed by atoms with Crippen molar-refractivity contribution in [3.8, 4) is 11.5 Å². The maximum absolute atomic E-state index is 10.6. The molecule has 1 nitrogen and oxygen atoms in total. The Bertz CT molecular complexity index is 600. The van der Waals surface area contributed by atoms with Gasteiger partial charge in [0.05, 0.1) is 11.5 Å². The molecular formula is C22H36OSi. The second kappa shape index (κ2) is 5.75. The number of fused-ring (bicyclic) bond motifs is 3. The van der Waals surface area contributed by atoms with E-state index in [9.17, 15) is 5.11 Å². The molecule has 3 aliphatic rings. The Morgan fingerprint density at radius 1 is 1.08 bits per heavy atom. The number of hydrogen-bond donors (Lipinski definition) is 1. The molecule has 2 heteroatoms. The van der Waals surface area contributed by atoms with E-state index >= 15 is 0 Å². The molecule has 0 spiro atoms. The monoisotopic (exact) mass is 344 g/mol. The highest BCUT2D eigenvalue weighted by atomic mass is 28.3. The van der Waals surface area contributed by atoms with E-state index in [2.05, 4.69) is 58.0 Å². The van der Waals surface area contributed by atoms with Gasteiger partial charge in [-0.1, -0.05) is 52.4 Å². The van der Waals surface area contributed by atoms with E-state index in [4.69, 9.17) is 0 Å². The average molecular weight is 345 g/mol. The van der Waals surface area contributed by atoms with Crippen LogP contribution in [0.1, 0.15) is 65.7 Å². The molecule has 4 atom stereocenters. The summed E-state index contributed by atoms with van der Waals surface area (Å²) in [6.45, 7) is 14.2. The zero-order valence-corrected chi connectivity index (χ0v) is 17.6. The molecule has 0 amide bonds. The van der Waals surface area contributed by atoms with Crippen molar-refractivity contribution in [2.24, 2.45) is 22.2 Å². The Hall–Kier alpha value is -0.523. The number of aliphatic hydroxyl groups is 1. The molecule has 0 saturated heterocycles. The van der Waals surface area contributed by atoms with Crippen LogP contribution in [0.2, 0.25) is 19.6 Å². The Balaban J connectivity index is 2.06. The topological polar surface area (TPSA) is 20.2 Å². The third-order valence-electron chi connectivity index (χ3n) is 7.29. The lowest BCUT2D eigenvalue weighted by Gasteiger charge is -2.61. The first-order valence-corrected chi connectivity index (χ1v) is 13.4. The third kappa shape index (κ3) is 2.82. The minimum atomic E-state index is -1.36. The van der Waals surface area contributed by atoms with Crippen LogP contribution >= 0.6 is 0 Å². The van der Waals surface area contributed by atoms with Crippen LogP contribution in [0, 0.1) is 33.6 Å². The second-order valence-electron chi connectivity index (χ2n) is 10.5. The van der Waals surface area contributed by atoms with E-state index in [1.165, 1.54) is 32.1 Å². The summed E-state index contributed by atoms with van der Waals surface area (Å²) < 4.78 is 0. The van der Waals surface area contributed by atoms with Crippen LogP contribution in [0.5, 0.6) is 0 Å². The third-order valence-corrected chi connectivity index (χ3v) is 8.16. The van der Waals surface area contributed by atoms with Gasteiger partial charge in [0.1, 0.15) is 8.07 Å². The van der Waals surface area contributed by atoms with Gasteiger partial charge in [0.2, 0.25) is 0 Å². The summed E-state index contributed by atoms with van der Waals surface area (Å²) in [6, 6.07) is 0. The summed E-state index contributed by atoms with van der Waals surface area (Å²) in [5, 5.41) is 10.6. The van der Waals surface area contributed by atoms with Crippen LogP contribution in [0.15, 0.2) is 11.6 Å². The summed E-state index contributed by atoms with van der Waals surface area (Å²) in [6.07, 6.45) is 10.7. The number of allylic oxidation sites excluding steroid dienone is 2. The largest absolute Gasteiger partial charge is 0.393 e. The van der Waals surface area contributed by atoms with Crippen molar-refractivity contribution in [2.45, 2.75) is 91.5 Å². The predicted molar refractivity (Wildman–Crippen MR) is 105 cm³/mol. The van der Waals surface area contributed by atoms with Crippen molar-refractivity contribution in [3.05, 3.63) is 11.6 Å². The van der Waals surface area contributed by atoms with Crippen molar-refractivity contribution in [1.29, 1.82) is 0 Å². The fourth-order valence-electron chi connectivity index (χ4n) is 5.96. The first kappa shape index (κ1) is 18.3. The van der Waals surface area contributed by atoms with Crippen molar-refractivity contribution in [2.75, 3.05) is 0 Å². The van der Waals surface area contributed by atoms with Gasteiger partial charge in [0.25, 0.3) is 0 Å². The van der Waals surface area contributed by atoms with Crippen molar-refractivity contribution < 1.29 is 5.11 Å². The maximum Gasteiger partial charge on any atom is 0.129 e. The fourth-order valence-corrected chi connectivity index (χ4v) is 6.57. The molecule has 0 aromatic rings. The molecular weight excluding hydrogens is 308 g/mol. The first-order valence-electron chi connectivity index (χ1n) is 9.95. The lowest BCUT2D eigenvalue weighted by Crippen LogP contribution is -2.55. The summed E-state index contributed by atoms with van der Waals surface area (Å²) in [5.41, 5.74) is 5.77. The van der Waals surface area contributed by atoms with Crippen LogP contribution in [0.4, 0.5) is 0 Å². The van der Waals surface area contributed by atoms with Crippen LogP contribution in [-0.4, -0.2) is 19.3 Å². The quantitative estimate of drug-likeness (QED) is 0.346. The summed E-state index contributed by atoms with van der Waals surface area (Å²) in [5.74, 6) is 4.44. The van der Waals surface area contributed by atoms with Gasteiger partial charge in [-0.2, -0.15) is 0 Å². The number of aliphatic hydroxyl groups excluding tert-OH is 1. The minimum absolute atomic E-state index is 0.0175. The van der Waals surface area contributed by atoms with Gasteiger partial charge >= 0.3 is 0 Å². The van der Waals surface area contributed by atoms with Crippen molar-refractivity contribution in [3.63, 3.8) is 0 Å². The van der Waals surface area contributed by atoms with E-state index in [1.54, 1.807) is 5.57 Å². The molecule has 0 aliphatic heterocycles. The normalized spacial score (nSPS) is 41.4. The Kier molecular flexibility index (Phi) is 4.38. The van der Waals surface area contributed by atoms with E-state index in [0.717, 1.165) is 12.8 Å². The van der Waals surface area contributed by atoms with Gasteiger partial charge in [-0.15, -0.1) is 5.54 Å². The van der Waals surface area contributed by atoms with Crippen LogP contribution in [-0.2, 0) is 0 Å². The fraction of sp³-hybridized carbons (Fsp3) is 0.818. The summed E-state index contributed by atoms with van der Waals surface area (Å²) in [7, 11) is -1.36. The van der Waals surface area contributed by atoms with Gasteiger partial charge in [0, 0.05) is 0 Å². The predicted octanol–water partition coefficient (Wildman–Crippen LogP) is 5.56. The molecule has 0 aromatic heterocycles. The van der Waals surface area contributed by atoms with Gasteiger partial charge in [-0.3, -0.25) is 0 Å². The molecule has 3 rings (SSSR count). The van der Waals surface area contributed by atoms with Crippen LogP contribution < -0.4 is 0 Å². The smallest absolute Gasteiger partial charge is 0.129 e. The molecule has 0 bridgehead atoms. The lowest BCUT2D eigenvalue weighted by molar-refractivity contribution is -0.104. The molecule has 2 fully saturated rings. The molecule has 2 saturated carbocycles. The van der Waals surface area contributed by atoms with E-state index in [1.807, 2.05) is 0 Å². The molecule has 0 heterocycles. The van der Waals surface area contributed by atoms with Crippen LogP contribution in [0.3, 0.4) is 0 Å². The number of rotatable bonds is 0. The minimum Gasteiger partial charge on any atom is -0.393 e. The van der Waals surface area contributed by atoms with Crippen molar-refractivity contribution >= 4 is 8.07 Å². The zero-order chi connectivity index (χ0) is 17.8. The summed E-state index contributed by atoms with van der Waals surface area (Å²) >= 11 is 0. The van der Waals surface area contributed by atoms with Gasteiger partial charge in [-0.25, -0.2) is 0 Å². The first-order chi connectivity index (χ1) is 11.0. The Labute approximate surface area is 150 Å². The Morgan fingerprint density at radius 2 is 1.79 bits per heavy atom. The molecule has 0 radical (unpaired) electrons. The highest BCUT2D eigenvalue weighted by Gasteiger charge is 2.58. The molecule has 1 N–H and O–H groups in total. The maximum atomic E-state index is 10.6. The molecule has 0 aromatic carbocycles. The standard InChI is InChI=1S/C22H36OSi/c1-20(2)17-10-14-22(15-16-24(4,5)6)12-8-7-9-18(22)21(17,3)13-11-19(20)23/h9,17,19,23H,7-8,10-14H2,1-6H3/t17-,19+,21-,22+/m0/s1. The van der Waals surface area contributed by atoms with E-state index in [0.29, 0.717) is 5.92 Å². The molecule has 0 unspecified atom stereocenters. The highest BCUT2D eigenvalue weighted by Crippen LogP contribution is 2.65.